The highest BCUT2D eigenvalue weighted by atomic mass is 32.2. The summed E-state index contributed by atoms with van der Waals surface area (Å²) in [5.41, 5.74) is 2.72. The predicted octanol–water partition coefficient (Wildman–Crippen LogP) is 1.74. The zero-order chi connectivity index (χ0) is 21.6. The molecular weight excluding hydrogens is 412 g/mol. The summed E-state index contributed by atoms with van der Waals surface area (Å²) < 4.78 is 57.1. The van der Waals surface area contributed by atoms with E-state index in [1.807, 2.05) is 13.0 Å². The summed E-state index contributed by atoms with van der Waals surface area (Å²) in [7, 11) is -5.72. The van der Waals surface area contributed by atoms with Crippen molar-refractivity contribution in [1.82, 2.24) is 18.4 Å². The molecule has 2 heterocycles. The minimum absolute atomic E-state index is 0.111. The van der Waals surface area contributed by atoms with Gasteiger partial charge in [0.2, 0.25) is 20.0 Å². The summed E-state index contributed by atoms with van der Waals surface area (Å²) in [6, 6.07) is 5.25. The van der Waals surface area contributed by atoms with E-state index >= 15 is 0 Å². The summed E-state index contributed by atoms with van der Waals surface area (Å²) in [4.78, 5) is 0.490. The molecule has 8 nitrogen and oxygen atoms in total. The first-order chi connectivity index (χ1) is 13.5. The lowest BCUT2D eigenvalue weighted by Crippen LogP contribution is -2.37. The maximum absolute atomic E-state index is 13.2. The van der Waals surface area contributed by atoms with Gasteiger partial charge in [0.15, 0.2) is 0 Å². The van der Waals surface area contributed by atoms with Crippen molar-refractivity contribution in [2.45, 2.75) is 43.9 Å². The molecule has 0 bridgehead atoms. The van der Waals surface area contributed by atoms with Crippen LogP contribution >= 0.6 is 0 Å². The molecule has 1 aromatic carbocycles. The third-order valence-electron chi connectivity index (χ3n) is 5.40. The van der Waals surface area contributed by atoms with Crippen molar-refractivity contribution in [2.75, 3.05) is 26.2 Å². The Kier molecular flexibility index (Phi) is 5.92. The largest absolute Gasteiger partial charge is 0.271 e. The average Bonchev–Trinajstić information content (AvgIpc) is 2.80. The number of rotatable bonds is 4. The van der Waals surface area contributed by atoms with Gasteiger partial charge in [-0.3, -0.25) is 4.68 Å². The van der Waals surface area contributed by atoms with Crippen molar-refractivity contribution in [2.24, 2.45) is 7.05 Å². The number of hydrogen-bond donors (Lipinski definition) is 0. The Morgan fingerprint density at radius 3 is 1.97 bits per heavy atom. The van der Waals surface area contributed by atoms with Crippen LogP contribution in [0, 0.1) is 27.7 Å². The summed E-state index contributed by atoms with van der Waals surface area (Å²) in [5.74, 6) is 0. The summed E-state index contributed by atoms with van der Waals surface area (Å²) in [6.07, 6.45) is 0.432. The van der Waals surface area contributed by atoms with Gasteiger partial charge in [0.25, 0.3) is 0 Å². The van der Waals surface area contributed by atoms with E-state index in [1.54, 1.807) is 44.6 Å². The first-order valence-electron chi connectivity index (χ1n) is 9.54. The standard InChI is InChI=1S/C19H28N4O4S2/c1-14-7-8-18(15(2)13-14)28(24,25)22-9-6-10-23(12-11-22)29(26,27)19-16(3)20-21(5)17(19)4/h7-8,13H,6,9-12H2,1-5H3. The molecule has 0 aliphatic carbocycles. The van der Waals surface area contributed by atoms with Crippen molar-refractivity contribution in [3.63, 3.8) is 0 Å². The Hall–Kier alpha value is -1.75. The highest BCUT2D eigenvalue weighted by Gasteiger charge is 2.34. The van der Waals surface area contributed by atoms with Crippen LogP contribution in [-0.4, -0.2) is 61.4 Å². The van der Waals surface area contributed by atoms with Crippen molar-refractivity contribution in [1.29, 1.82) is 0 Å². The Morgan fingerprint density at radius 1 is 0.862 bits per heavy atom. The molecule has 2 aromatic rings. The number of aromatic nitrogens is 2. The first kappa shape index (κ1) is 21.9. The van der Waals surface area contributed by atoms with Gasteiger partial charge in [-0.2, -0.15) is 13.7 Å². The van der Waals surface area contributed by atoms with Crippen LogP contribution in [0.5, 0.6) is 0 Å². The van der Waals surface area contributed by atoms with Crippen LogP contribution in [-0.2, 0) is 27.1 Å². The summed E-state index contributed by atoms with van der Waals surface area (Å²) >= 11 is 0. The lowest BCUT2D eigenvalue weighted by molar-refractivity contribution is 0.404. The van der Waals surface area contributed by atoms with Gasteiger partial charge < -0.3 is 0 Å². The smallest absolute Gasteiger partial charge is 0.246 e. The van der Waals surface area contributed by atoms with Crippen molar-refractivity contribution >= 4 is 20.0 Å². The minimum Gasteiger partial charge on any atom is -0.271 e. The number of sulfonamides is 2. The van der Waals surface area contributed by atoms with Crippen LogP contribution in [0.25, 0.3) is 0 Å². The molecule has 0 saturated carbocycles. The van der Waals surface area contributed by atoms with Crippen molar-refractivity contribution < 1.29 is 16.8 Å². The minimum atomic E-state index is -3.74. The fraction of sp³-hybridized carbons (Fsp3) is 0.526. The lowest BCUT2D eigenvalue weighted by Gasteiger charge is -2.22. The molecule has 160 valence electrons. The average molecular weight is 441 g/mol. The molecule has 1 aliphatic rings. The molecule has 0 N–H and O–H groups in total. The summed E-state index contributed by atoms with van der Waals surface area (Å²) in [6.45, 7) is 7.88. The van der Waals surface area contributed by atoms with E-state index in [1.165, 1.54) is 8.61 Å². The molecule has 1 saturated heterocycles. The molecule has 29 heavy (non-hydrogen) atoms. The third-order valence-corrected chi connectivity index (χ3v) is 9.61. The fourth-order valence-corrected chi connectivity index (χ4v) is 7.38. The molecule has 0 radical (unpaired) electrons. The van der Waals surface area contributed by atoms with E-state index < -0.39 is 20.0 Å². The second kappa shape index (κ2) is 7.82. The molecule has 10 heteroatoms. The fourth-order valence-electron chi connectivity index (χ4n) is 3.84. The number of aryl methyl sites for hydroxylation is 4. The first-order valence-corrected chi connectivity index (χ1v) is 12.4. The zero-order valence-corrected chi connectivity index (χ0v) is 19.1. The Bertz CT molecular complexity index is 1140. The van der Waals surface area contributed by atoms with Gasteiger partial charge in [-0.15, -0.1) is 0 Å². The quantitative estimate of drug-likeness (QED) is 0.722. The molecule has 1 fully saturated rings. The highest BCUT2D eigenvalue weighted by molar-refractivity contribution is 7.89. The van der Waals surface area contributed by atoms with Gasteiger partial charge >= 0.3 is 0 Å². The van der Waals surface area contributed by atoms with Gasteiger partial charge in [-0.05, 0) is 45.7 Å². The van der Waals surface area contributed by atoms with E-state index in [0.717, 1.165) is 5.56 Å². The van der Waals surface area contributed by atoms with Crippen LogP contribution in [0.2, 0.25) is 0 Å². The maximum Gasteiger partial charge on any atom is 0.246 e. The van der Waals surface area contributed by atoms with Gasteiger partial charge in [-0.1, -0.05) is 17.7 Å². The van der Waals surface area contributed by atoms with Gasteiger partial charge in [0, 0.05) is 33.2 Å². The van der Waals surface area contributed by atoms with E-state index in [2.05, 4.69) is 5.10 Å². The topological polar surface area (TPSA) is 92.6 Å². The highest BCUT2D eigenvalue weighted by Crippen LogP contribution is 2.26. The molecule has 1 aromatic heterocycles. The monoisotopic (exact) mass is 440 g/mol. The van der Waals surface area contributed by atoms with Crippen molar-refractivity contribution in [3.8, 4) is 0 Å². The normalized spacial score (nSPS) is 17.4. The lowest BCUT2D eigenvalue weighted by atomic mass is 10.2. The molecule has 3 rings (SSSR count). The molecule has 0 amide bonds. The molecule has 0 unspecified atom stereocenters. The Morgan fingerprint density at radius 2 is 1.45 bits per heavy atom. The van der Waals surface area contributed by atoms with Crippen LogP contribution in [0.4, 0.5) is 0 Å². The van der Waals surface area contributed by atoms with Gasteiger partial charge in [-0.25, -0.2) is 16.8 Å². The Balaban J connectivity index is 1.87. The Labute approximate surface area is 173 Å². The van der Waals surface area contributed by atoms with E-state index in [0.29, 0.717) is 23.4 Å². The van der Waals surface area contributed by atoms with Gasteiger partial charge in [0.1, 0.15) is 4.90 Å². The van der Waals surface area contributed by atoms with Crippen LogP contribution in [0.1, 0.15) is 28.9 Å². The van der Waals surface area contributed by atoms with Crippen molar-refractivity contribution in [3.05, 3.63) is 40.7 Å². The maximum atomic E-state index is 13.2. The van der Waals surface area contributed by atoms with E-state index in [-0.39, 0.29) is 36.0 Å². The van der Waals surface area contributed by atoms with E-state index in [4.69, 9.17) is 0 Å². The molecule has 1 aliphatic heterocycles. The van der Waals surface area contributed by atoms with E-state index in [9.17, 15) is 16.8 Å². The zero-order valence-electron chi connectivity index (χ0n) is 17.5. The number of hydrogen-bond acceptors (Lipinski definition) is 5. The third kappa shape index (κ3) is 3.98. The number of benzene rings is 1. The molecule has 0 atom stereocenters. The second-order valence-electron chi connectivity index (χ2n) is 7.55. The van der Waals surface area contributed by atoms with Crippen LogP contribution in [0.3, 0.4) is 0 Å². The SMILES string of the molecule is Cc1ccc(S(=O)(=O)N2CCCN(S(=O)(=O)c3c(C)nn(C)c3C)CC2)c(C)c1. The number of nitrogens with zero attached hydrogens (tertiary/aromatic N) is 4. The summed E-state index contributed by atoms with van der Waals surface area (Å²) in [5, 5.41) is 4.21. The second-order valence-corrected chi connectivity index (χ2v) is 11.3. The molecular formula is C19H28N4O4S2. The van der Waals surface area contributed by atoms with Gasteiger partial charge in [0.05, 0.1) is 16.3 Å². The van der Waals surface area contributed by atoms with Crippen LogP contribution < -0.4 is 0 Å². The van der Waals surface area contributed by atoms with Crippen LogP contribution in [0.15, 0.2) is 28.0 Å². The molecule has 0 spiro atoms. The predicted molar refractivity (Wildman–Crippen MR) is 111 cm³/mol.